The molecular formula is C22H20N2. The number of hydrogen-bond acceptors (Lipinski definition) is 2. The van der Waals surface area contributed by atoms with Crippen molar-refractivity contribution in [3.05, 3.63) is 95.1 Å². The number of aryl methyl sites for hydroxylation is 2. The van der Waals surface area contributed by atoms with E-state index in [0.29, 0.717) is 0 Å². The number of hydrogen-bond donors (Lipinski definition) is 0. The first kappa shape index (κ1) is 15.9. The second kappa shape index (κ2) is 7.51. The maximum Gasteiger partial charge on any atom is 0.0629 e. The van der Waals surface area contributed by atoms with Crippen molar-refractivity contribution in [3.63, 3.8) is 0 Å². The molecule has 3 rings (SSSR count). The molecule has 0 fully saturated rings. The maximum absolute atomic E-state index is 4.56. The minimum Gasteiger partial charge on any atom is -0.256 e. The predicted molar refractivity (Wildman–Crippen MR) is 103 cm³/mol. The SMILES string of the molecule is Cc1cc(C)c(C=Nc2ccccc2)cc1C=Nc1ccccc1. The molecule has 24 heavy (non-hydrogen) atoms. The van der Waals surface area contributed by atoms with Crippen molar-refractivity contribution >= 4 is 23.8 Å². The highest BCUT2D eigenvalue weighted by molar-refractivity contribution is 5.90. The maximum atomic E-state index is 4.56. The third-order valence-corrected chi connectivity index (χ3v) is 3.87. The van der Waals surface area contributed by atoms with Gasteiger partial charge in [0.15, 0.2) is 0 Å². The van der Waals surface area contributed by atoms with Gasteiger partial charge in [-0.2, -0.15) is 0 Å². The van der Waals surface area contributed by atoms with Crippen LogP contribution in [0, 0.1) is 13.8 Å². The molecule has 0 aliphatic heterocycles. The largest absolute Gasteiger partial charge is 0.256 e. The first-order valence-electron chi connectivity index (χ1n) is 8.02. The van der Waals surface area contributed by atoms with Gasteiger partial charge >= 0.3 is 0 Å². The Kier molecular flexibility index (Phi) is 4.97. The molecule has 0 radical (unpaired) electrons. The van der Waals surface area contributed by atoms with Gasteiger partial charge in [0.05, 0.1) is 11.4 Å². The smallest absolute Gasteiger partial charge is 0.0629 e. The minimum absolute atomic E-state index is 0.956. The molecule has 0 bridgehead atoms. The molecule has 0 heterocycles. The van der Waals surface area contributed by atoms with E-state index in [4.69, 9.17) is 0 Å². The average molecular weight is 312 g/mol. The van der Waals surface area contributed by atoms with Crippen LogP contribution in [0.25, 0.3) is 0 Å². The molecule has 0 saturated heterocycles. The average Bonchev–Trinajstić information content (AvgIpc) is 2.62. The van der Waals surface area contributed by atoms with Gasteiger partial charge in [0, 0.05) is 12.4 Å². The summed E-state index contributed by atoms with van der Waals surface area (Å²) >= 11 is 0. The highest BCUT2D eigenvalue weighted by atomic mass is 14.7. The molecule has 0 saturated carbocycles. The fourth-order valence-corrected chi connectivity index (χ4v) is 2.48. The first-order chi connectivity index (χ1) is 11.7. The van der Waals surface area contributed by atoms with E-state index in [0.717, 1.165) is 22.5 Å². The Balaban J connectivity index is 1.89. The van der Waals surface area contributed by atoms with Crippen LogP contribution in [0.2, 0.25) is 0 Å². The van der Waals surface area contributed by atoms with Crippen LogP contribution in [0.5, 0.6) is 0 Å². The van der Waals surface area contributed by atoms with Crippen molar-refractivity contribution in [2.75, 3.05) is 0 Å². The summed E-state index contributed by atoms with van der Waals surface area (Å²) < 4.78 is 0. The number of aliphatic imine (C=N–C) groups is 2. The van der Waals surface area contributed by atoms with Crippen molar-refractivity contribution in [1.82, 2.24) is 0 Å². The van der Waals surface area contributed by atoms with Crippen LogP contribution >= 0.6 is 0 Å². The summed E-state index contributed by atoms with van der Waals surface area (Å²) in [6, 6.07) is 24.3. The van der Waals surface area contributed by atoms with E-state index in [2.05, 4.69) is 36.0 Å². The molecular weight excluding hydrogens is 292 g/mol. The van der Waals surface area contributed by atoms with Gasteiger partial charge in [-0.05, 0) is 66.4 Å². The van der Waals surface area contributed by atoms with Crippen molar-refractivity contribution in [1.29, 1.82) is 0 Å². The molecule has 0 unspecified atom stereocenters. The van der Waals surface area contributed by atoms with Crippen LogP contribution in [0.3, 0.4) is 0 Å². The molecule has 0 spiro atoms. The molecule has 0 aromatic heterocycles. The van der Waals surface area contributed by atoms with Crippen LogP contribution < -0.4 is 0 Å². The van der Waals surface area contributed by atoms with Crippen LogP contribution in [-0.2, 0) is 0 Å². The van der Waals surface area contributed by atoms with E-state index in [1.807, 2.05) is 73.1 Å². The molecule has 0 aliphatic rings. The van der Waals surface area contributed by atoms with Gasteiger partial charge < -0.3 is 0 Å². The lowest BCUT2D eigenvalue weighted by molar-refractivity contribution is 1.35. The molecule has 118 valence electrons. The lowest BCUT2D eigenvalue weighted by atomic mass is 10.0. The van der Waals surface area contributed by atoms with Crippen molar-refractivity contribution in [2.24, 2.45) is 9.98 Å². The molecule has 2 heteroatoms. The lowest BCUT2D eigenvalue weighted by Gasteiger charge is -2.06. The normalized spacial score (nSPS) is 11.4. The van der Waals surface area contributed by atoms with Gasteiger partial charge in [-0.1, -0.05) is 42.5 Å². The van der Waals surface area contributed by atoms with E-state index in [9.17, 15) is 0 Å². The van der Waals surface area contributed by atoms with Crippen molar-refractivity contribution < 1.29 is 0 Å². The zero-order valence-corrected chi connectivity index (χ0v) is 14.0. The van der Waals surface area contributed by atoms with E-state index < -0.39 is 0 Å². The van der Waals surface area contributed by atoms with Crippen molar-refractivity contribution in [2.45, 2.75) is 13.8 Å². The van der Waals surface area contributed by atoms with E-state index in [1.54, 1.807) is 0 Å². The zero-order valence-electron chi connectivity index (χ0n) is 14.0. The van der Waals surface area contributed by atoms with Crippen molar-refractivity contribution in [3.8, 4) is 0 Å². The summed E-state index contributed by atoms with van der Waals surface area (Å²) in [7, 11) is 0. The summed E-state index contributed by atoms with van der Waals surface area (Å²) in [5.41, 5.74) is 6.56. The Hall–Kier alpha value is -3.00. The van der Waals surface area contributed by atoms with Crippen LogP contribution in [0.15, 0.2) is 82.8 Å². The van der Waals surface area contributed by atoms with Gasteiger partial charge in [0.2, 0.25) is 0 Å². The summed E-state index contributed by atoms with van der Waals surface area (Å²) in [5.74, 6) is 0. The third-order valence-electron chi connectivity index (χ3n) is 3.87. The Morgan fingerprint density at radius 3 is 1.42 bits per heavy atom. The third kappa shape index (κ3) is 4.05. The molecule has 0 N–H and O–H groups in total. The predicted octanol–water partition coefficient (Wildman–Crippen LogP) is 5.80. The van der Waals surface area contributed by atoms with Crippen LogP contribution in [0.4, 0.5) is 11.4 Å². The van der Waals surface area contributed by atoms with Gasteiger partial charge in [-0.25, -0.2) is 0 Å². The summed E-state index contributed by atoms with van der Waals surface area (Å²) in [4.78, 5) is 9.11. The fourth-order valence-electron chi connectivity index (χ4n) is 2.48. The minimum atomic E-state index is 0.956. The highest BCUT2D eigenvalue weighted by Gasteiger charge is 2.02. The van der Waals surface area contributed by atoms with Gasteiger partial charge in [-0.15, -0.1) is 0 Å². The summed E-state index contributed by atoms with van der Waals surface area (Å²) in [6.45, 7) is 4.22. The first-order valence-corrected chi connectivity index (χ1v) is 8.02. The van der Waals surface area contributed by atoms with E-state index in [1.165, 1.54) is 11.1 Å². The second-order valence-electron chi connectivity index (χ2n) is 5.75. The molecule has 0 aliphatic carbocycles. The monoisotopic (exact) mass is 312 g/mol. The van der Waals surface area contributed by atoms with Gasteiger partial charge in [0.1, 0.15) is 0 Å². The van der Waals surface area contributed by atoms with Gasteiger partial charge in [-0.3, -0.25) is 9.98 Å². The van der Waals surface area contributed by atoms with E-state index >= 15 is 0 Å². The lowest BCUT2D eigenvalue weighted by Crippen LogP contribution is -1.94. The standard InChI is InChI=1S/C22H20N2/c1-17-13-18(2)20(16-24-22-11-7-4-8-12-22)14-19(17)15-23-21-9-5-3-6-10-21/h3-16H,1-2H3. The molecule has 2 nitrogen and oxygen atoms in total. The Morgan fingerprint density at radius 1 is 0.583 bits per heavy atom. The highest BCUT2D eigenvalue weighted by Crippen LogP contribution is 2.17. The number of benzene rings is 3. The molecule has 3 aromatic carbocycles. The Bertz CT molecular complexity index is 792. The van der Waals surface area contributed by atoms with Crippen LogP contribution in [-0.4, -0.2) is 12.4 Å². The van der Waals surface area contributed by atoms with Gasteiger partial charge in [0.25, 0.3) is 0 Å². The number of rotatable bonds is 4. The summed E-state index contributed by atoms with van der Waals surface area (Å²) in [6.07, 6.45) is 3.84. The molecule has 0 amide bonds. The topological polar surface area (TPSA) is 24.7 Å². The Labute approximate surface area is 143 Å². The number of nitrogens with zero attached hydrogens (tertiary/aromatic N) is 2. The van der Waals surface area contributed by atoms with E-state index in [-0.39, 0.29) is 0 Å². The van der Waals surface area contributed by atoms with Crippen LogP contribution in [0.1, 0.15) is 22.3 Å². The zero-order chi connectivity index (χ0) is 16.8. The second-order valence-corrected chi connectivity index (χ2v) is 5.75. The quantitative estimate of drug-likeness (QED) is 0.544. The molecule has 0 atom stereocenters. The number of para-hydroxylation sites is 2. The Morgan fingerprint density at radius 2 is 1.00 bits per heavy atom. The fraction of sp³-hybridized carbons (Fsp3) is 0.0909. The molecule has 3 aromatic rings. The summed E-state index contributed by atoms with van der Waals surface area (Å²) in [5, 5.41) is 0.